The van der Waals surface area contributed by atoms with Gasteiger partial charge in [-0.3, -0.25) is 0 Å². The Balaban J connectivity index is 3.18. The summed E-state index contributed by atoms with van der Waals surface area (Å²) in [5.41, 5.74) is 1.83. The Bertz CT molecular complexity index is 398. The Morgan fingerprint density at radius 1 is 1.50 bits per heavy atom. The molecule has 0 saturated carbocycles. The quantitative estimate of drug-likeness (QED) is 0.763. The van der Waals surface area contributed by atoms with Crippen LogP contribution in [0.5, 0.6) is 5.75 Å². The van der Waals surface area contributed by atoms with E-state index in [9.17, 15) is 15.0 Å². The van der Waals surface area contributed by atoms with Crippen molar-refractivity contribution in [3.05, 3.63) is 28.8 Å². The van der Waals surface area contributed by atoms with Gasteiger partial charge in [-0.05, 0) is 42.2 Å². The highest BCUT2D eigenvalue weighted by Gasteiger charge is 2.21. The Hall–Kier alpha value is -1.55. The number of phenolic OH excluding ortho intramolecular Hbond substituents is 1. The maximum atomic E-state index is 11.2. The molecular formula is C12H16O4. The first-order valence-corrected chi connectivity index (χ1v) is 5.09. The van der Waals surface area contributed by atoms with Crippen LogP contribution >= 0.6 is 0 Å². The normalized spacial score (nSPS) is 12.2. The third kappa shape index (κ3) is 2.33. The highest BCUT2D eigenvalue weighted by molar-refractivity contribution is 5.76. The predicted molar refractivity (Wildman–Crippen MR) is 59.2 cm³/mol. The van der Waals surface area contributed by atoms with Crippen LogP contribution in [0.15, 0.2) is 12.1 Å². The lowest BCUT2D eigenvalue weighted by Crippen LogP contribution is -2.14. The van der Waals surface area contributed by atoms with Gasteiger partial charge in [0.2, 0.25) is 0 Å². The average Bonchev–Trinajstić information content (AvgIpc) is 2.27. The second kappa shape index (κ2) is 4.99. The van der Waals surface area contributed by atoms with E-state index < -0.39 is 12.1 Å². The number of aliphatic hydroxyl groups excluding tert-OH is 1. The number of hydrogen-bond acceptors (Lipinski definition) is 4. The minimum Gasteiger partial charge on any atom is -0.508 e. The molecule has 4 heteroatoms. The van der Waals surface area contributed by atoms with E-state index in [1.165, 1.54) is 7.11 Å². The first-order chi connectivity index (χ1) is 7.51. The minimum atomic E-state index is -1.30. The number of ether oxygens (including phenoxy) is 1. The number of aromatic hydroxyl groups is 1. The fourth-order valence-corrected chi connectivity index (χ4v) is 1.57. The average molecular weight is 224 g/mol. The van der Waals surface area contributed by atoms with E-state index >= 15 is 0 Å². The van der Waals surface area contributed by atoms with Gasteiger partial charge >= 0.3 is 5.97 Å². The van der Waals surface area contributed by atoms with Gasteiger partial charge < -0.3 is 14.9 Å². The monoisotopic (exact) mass is 224 g/mol. The molecule has 0 saturated heterocycles. The summed E-state index contributed by atoms with van der Waals surface area (Å²) in [4.78, 5) is 11.2. The van der Waals surface area contributed by atoms with Crippen LogP contribution in [0.4, 0.5) is 0 Å². The molecule has 4 nitrogen and oxygen atoms in total. The van der Waals surface area contributed by atoms with E-state index in [2.05, 4.69) is 4.74 Å². The third-order valence-corrected chi connectivity index (χ3v) is 2.57. The molecule has 1 aromatic carbocycles. The number of carbonyl (C=O) groups excluding carboxylic acids is 1. The molecule has 0 amide bonds. The van der Waals surface area contributed by atoms with Gasteiger partial charge in [-0.15, -0.1) is 0 Å². The van der Waals surface area contributed by atoms with E-state index in [4.69, 9.17) is 0 Å². The molecule has 0 spiro atoms. The molecule has 0 heterocycles. The van der Waals surface area contributed by atoms with E-state index in [1.54, 1.807) is 19.1 Å². The summed E-state index contributed by atoms with van der Waals surface area (Å²) in [5, 5.41) is 19.3. The molecule has 0 aliphatic rings. The summed E-state index contributed by atoms with van der Waals surface area (Å²) in [6, 6.07) is 3.17. The molecule has 0 aliphatic carbocycles. The van der Waals surface area contributed by atoms with Crippen molar-refractivity contribution in [2.24, 2.45) is 0 Å². The number of carbonyl (C=O) groups is 1. The van der Waals surface area contributed by atoms with Gasteiger partial charge in [0.25, 0.3) is 0 Å². The van der Waals surface area contributed by atoms with Crippen molar-refractivity contribution in [2.75, 3.05) is 7.11 Å². The highest BCUT2D eigenvalue weighted by Crippen LogP contribution is 2.27. The Labute approximate surface area is 94.5 Å². The number of esters is 1. The van der Waals surface area contributed by atoms with E-state index in [-0.39, 0.29) is 5.75 Å². The topological polar surface area (TPSA) is 66.8 Å². The van der Waals surface area contributed by atoms with E-state index in [0.717, 1.165) is 0 Å². The maximum absolute atomic E-state index is 11.2. The van der Waals surface area contributed by atoms with Crippen molar-refractivity contribution in [1.29, 1.82) is 0 Å². The molecule has 2 N–H and O–H groups in total. The fourth-order valence-electron chi connectivity index (χ4n) is 1.57. The van der Waals surface area contributed by atoms with Crippen LogP contribution < -0.4 is 0 Å². The van der Waals surface area contributed by atoms with Crippen LogP contribution in [0.2, 0.25) is 0 Å². The van der Waals surface area contributed by atoms with Gasteiger partial charge in [0.05, 0.1) is 7.11 Å². The van der Waals surface area contributed by atoms with E-state index in [0.29, 0.717) is 23.1 Å². The molecule has 1 rings (SSSR count). The van der Waals surface area contributed by atoms with Crippen LogP contribution in [-0.2, 0) is 16.0 Å². The smallest absolute Gasteiger partial charge is 0.339 e. The molecule has 1 unspecified atom stereocenters. The van der Waals surface area contributed by atoms with Crippen molar-refractivity contribution in [3.8, 4) is 5.75 Å². The molecule has 0 fully saturated rings. The molecule has 1 aromatic rings. The summed E-state index contributed by atoms with van der Waals surface area (Å²) < 4.78 is 4.47. The summed E-state index contributed by atoms with van der Waals surface area (Å²) in [5.74, 6) is -0.517. The summed E-state index contributed by atoms with van der Waals surface area (Å²) >= 11 is 0. The van der Waals surface area contributed by atoms with Crippen molar-refractivity contribution < 1.29 is 19.7 Å². The minimum absolute atomic E-state index is 0.181. The van der Waals surface area contributed by atoms with Gasteiger partial charge in [0, 0.05) is 0 Å². The second-order valence-corrected chi connectivity index (χ2v) is 3.62. The molecule has 0 aliphatic heterocycles. The summed E-state index contributed by atoms with van der Waals surface area (Å²) in [7, 11) is 1.22. The van der Waals surface area contributed by atoms with Crippen molar-refractivity contribution in [2.45, 2.75) is 26.4 Å². The maximum Gasteiger partial charge on any atom is 0.339 e. The van der Waals surface area contributed by atoms with Gasteiger partial charge in [0.15, 0.2) is 6.10 Å². The van der Waals surface area contributed by atoms with Crippen LogP contribution in [0.25, 0.3) is 0 Å². The van der Waals surface area contributed by atoms with Crippen molar-refractivity contribution in [1.82, 2.24) is 0 Å². The van der Waals surface area contributed by atoms with Gasteiger partial charge in [-0.1, -0.05) is 6.92 Å². The SMILES string of the molecule is CCc1cc(C(O)C(=O)OC)c(C)cc1O. The highest BCUT2D eigenvalue weighted by atomic mass is 16.5. The number of aliphatic hydroxyl groups is 1. The Morgan fingerprint density at radius 2 is 2.12 bits per heavy atom. The molecule has 16 heavy (non-hydrogen) atoms. The van der Waals surface area contributed by atoms with Crippen LogP contribution in [0, 0.1) is 6.92 Å². The molecule has 88 valence electrons. The van der Waals surface area contributed by atoms with Crippen LogP contribution in [0.1, 0.15) is 29.7 Å². The first kappa shape index (κ1) is 12.5. The third-order valence-electron chi connectivity index (χ3n) is 2.57. The predicted octanol–water partition coefficient (Wildman–Crippen LogP) is 1.47. The number of rotatable bonds is 3. The Morgan fingerprint density at radius 3 is 2.62 bits per heavy atom. The van der Waals surface area contributed by atoms with Crippen LogP contribution in [0.3, 0.4) is 0 Å². The molecule has 0 radical (unpaired) electrons. The molecular weight excluding hydrogens is 208 g/mol. The Kier molecular flexibility index (Phi) is 3.90. The number of methoxy groups -OCH3 is 1. The zero-order valence-electron chi connectivity index (χ0n) is 9.65. The fraction of sp³-hybridized carbons (Fsp3) is 0.417. The van der Waals surface area contributed by atoms with Crippen molar-refractivity contribution >= 4 is 5.97 Å². The number of hydrogen-bond donors (Lipinski definition) is 2. The standard InChI is InChI=1S/C12H16O4/c1-4-8-6-9(7(2)5-10(8)13)11(14)12(15)16-3/h5-6,11,13-14H,4H2,1-3H3. The van der Waals surface area contributed by atoms with E-state index in [1.807, 2.05) is 6.92 Å². The molecule has 0 bridgehead atoms. The second-order valence-electron chi connectivity index (χ2n) is 3.62. The first-order valence-electron chi connectivity index (χ1n) is 5.09. The summed E-state index contributed by atoms with van der Waals surface area (Å²) in [6.45, 7) is 3.61. The van der Waals surface area contributed by atoms with Gasteiger partial charge in [-0.25, -0.2) is 4.79 Å². The van der Waals surface area contributed by atoms with Crippen molar-refractivity contribution in [3.63, 3.8) is 0 Å². The largest absolute Gasteiger partial charge is 0.508 e. The lowest BCUT2D eigenvalue weighted by atomic mass is 9.98. The van der Waals surface area contributed by atoms with Gasteiger partial charge in [0.1, 0.15) is 5.75 Å². The molecule has 1 atom stereocenters. The molecule has 0 aromatic heterocycles. The lowest BCUT2D eigenvalue weighted by Gasteiger charge is -2.14. The number of benzene rings is 1. The number of aryl methyl sites for hydroxylation is 2. The lowest BCUT2D eigenvalue weighted by molar-refractivity contribution is -0.150. The zero-order valence-corrected chi connectivity index (χ0v) is 9.65. The van der Waals surface area contributed by atoms with Gasteiger partial charge in [-0.2, -0.15) is 0 Å². The van der Waals surface area contributed by atoms with Crippen LogP contribution in [-0.4, -0.2) is 23.3 Å². The summed E-state index contributed by atoms with van der Waals surface area (Å²) in [6.07, 6.45) is -0.664. The zero-order chi connectivity index (χ0) is 12.3. The number of phenols is 1.